The molecule has 0 saturated carbocycles. The van der Waals surface area contributed by atoms with E-state index in [9.17, 15) is 9.59 Å². The Hall–Kier alpha value is -2.89. The van der Waals surface area contributed by atoms with Gasteiger partial charge in [-0.25, -0.2) is 4.98 Å². The highest BCUT2D eigenvalue weighted by atomic mass is 16.2. The summed E-state index contributed by atoms with van der Waals surface area (Å²) in [4.78, 5) is 29.6. The third kappa shape index (κ3) is 4.10. The van der Waals surface area contributed by atoms with Crippen molar-refractivity contribution < 1.29 is 9.59 Å². The van der Waals surface area contributed by atoms with E-state index < -0.39 is 0 Å². The smallest absolute Gasteiger partial charge is 0.291 e. The summed E-state index contributed by atoms with van der Waals surface area (Å²) in [5, 5.41) is 5.65. The van der Waals surface area contributed by atoms with Crippen LogP contribution in [0.5, 0.6) is 0 Å². The molecule has 1 aliphatic heterocycles. The second-order valence-corrected chi connectivity index (χ2v) is 7.07. The lowest BCUT2D eigenvalue weighted by atomic mass is 10.0. The maximum absolute atomic E-state index is 12.8. The van der Waals surface area contributed by atoms with E-state index in [0.29, 0.717) is 30.5 Å². The maximum atomic E-state index is 12.8. The Labute approximate surface area is 159 Å². The molecule has 0 saturated heterocycles. The van der Waals surface area contributed by atoms with Gasteiger partial charge < -0.3 is 15.2 Å². The van der Waals surface area contributed by atoms with Gasteiger partial charge in [-0.15, -0.1) is 6.58 Å². The fourth-order valence-electron chi connectivity index (χ4n) is 3.29. The SMILES string of the molecule is C=CCNC(=O)c1nc(C(=O)Nc2ccc(C(C)C)cc2)n2c1CCCC2. The third-order valence-electron chi connectivity index (χ3n) is 4.78. The molecule has 1 aliphatic rings. The first kappa shape index (κ1) is 18.9. The minimum atomic E-state index is -0.293. The summed E-state index contributed by atoms with van der Waals surface area (Å²) in [5.41, 5.74) is 3.11. The van der Waals surface area contributed by atoms with Crippen molar-refractivity contribution in [1.82, 2.24) is 14.9 Å². The number of amides is 2. The summed E-state index contributed by atoms with van der Waals surface area (Å²) in [7, 11) is 0. The molecule has 0 aliphatic carbocycles. The van der Waals surface area contributed by atoms with E-state index in [2.05, 4.69) is 36.0 Å². The first-order valence-electron chi connectivity index (χ1n) is 9.41. The number of carbonyl (C=O) groups excluding carboxylic acids is 2. The Morgan fingerprint density at radius 3 is 2.63 bits per heavy atom. The van der Waals surface area contributed by atoms with E-state index in [1.807, 2.05) is 28.8 Å². The number of nitrogens with zero attached hydrogens (tertiary/aromatic N) is 2. The highest BCUT2D eigenvalue weighted by Gasteiger charge is 2.27. The van der Waals surface area contributed by atoms with Gasteiger partial charge in [-0.2, -0.15) is 0 Å². The molecular formula is C21H26N4O2. The lowest BCUT2D eigenvalue weighted by molar-refractivity contribution is 0.0952. The molecule has 3 rings (SSSR count). The molecule has 0 bridgehead atoms. The zero-order chi connectivity index (χ0) is 19.4. The van der Waals surface area contributed by atoms with Crippen molar-refractivity contribution >= 4 is 17.5 Å². The number of carbonyl (C=O) groups is 2. The van der Waals surface area contributed by atoms with Crippen molar-refractivity contribution in [2.75, 3.05) is 11.9 Å². The summed E-state index contributed by atoms with van der Waals surface area (Å²) in [6.45, 7) is 8.93. The van der Waals surface area contributed by atoms with Gasteiger partial charge >= 0.3 is 0 Å². The van der Waals surface area contributed by atoms with Crippen molar-refractivity contribution in [1.29, 1.82) is 0 Å². The second kappa shape index (κ2) is 8.20. The predicted molar refractivity (Wildman–Crippen MR) is 106 cm³/mol. The molecule has 6 heteroatoms. The maximum Gasteiger partial charge on any atom is 0.291 e. The quantitative estimate of drug-likeness (QED) is 0.768. The standard InChI is InChI=1S/C21H26N4O2/c1-4-12-22-20(26)18-17-7-5-6-13-25(17)19(24-18)21(27)23-16-10-8-15(9-11-16)14(2)3/h4,8-11,14H,1,5-7,12-13H2,2-3H3,(H,22,26)(H,23,27). The van der Waals surface area contributed by atoms with Gasteiger partial charge in [0.05, 0.1) is 5.69 Å². The molecule has 1 aromatic heterocycles. The summed E-state index contributed by atoms with van der Waals surface area (Å²) in [5.74, 6) is 0.172. The molecule has 0 spiro atoms. The molecule has 142 valence electrons. The molecule has 0 radical (unpaired) electrons. The van der Waals surface area contributed by atoms with Crippen LogP contribution in [-0.2, 0) is 13.0 Å². The van der Waals surface area contributed by atoms with Crippen molar-refractivity contribution in [3.8, 4) is 0 Å². The highest BCUT2D eigenvalue weighted by Crippen LogP contribution is 2.22. The molecule has 1 aromatic carbocycles. The normalized spacial score (nSPS) is 13.1. The number of benzene rings is 1. The van der Waals surface area contributed by atoms with Gasteiger partial charge in [0.1, 0.15) is 5.69 Å². The first-order valence-corrected chi connectivity index (χ1v) is 9.41. The molecule has 2 aromatic rings. The number of nitrogens with one attached hydrogen (secondary N) is 2. The number of rotatable bonds is 6. The third-order valence-corrected chi connectivity index (χ3v) is 4.78. The molecular weight excluding hydrogens is 340 g/mol. The first-order chi connectivity index (χ1) is 13.0. The Kier molecular flexibility index (Phi) is 5.74. The van der Waals surface area contributed by atoms with E-state index >= 15 is 0 Å². The number of fused-ring (bicyclic) bond motifs is 1. The number of imidazole rings is 1. The van der Waals surface area contributed by atoms with Crippen molar-refractivity contribution in [2.45, 2.75) is 45.6 Å². The van der Waals surface area contributed by atoms with Crippen LogP contribution < -0.4 is 10.6 Å². The number of aromatic nitrogens is 2. The van der Waals surface area contributed by atoms with Gasteiger partial charge in [0.2, 0.25) is 0 Å². The van der Waals surface area contributed by atoms with Gasteiger partial charge in [0, 0.05) is 18.8 Å². The van der Waals surface area contributed by atoms with Crippen LogP contribution in [0.4, 0.5) is 5.69 Å². The summed E-state index contributed by atoms with van der Waals surface area (Å²) < 4.78 is 1.88. The van der Waals surface area contributed by atoms with Crippen LogP contribution in [0.2, 0.25) is 0 Å². The molecule has 0 unspecified atom stereocenters. The zero-order valence-corrected chi connectivity index (χ0v) is 15.9. The largest absolute Gasteiger partial charge is 0.347 e. The van der Waals surface area contributed by atoms with Gasteiger partial charge in [0.25, 0.3) is 11.8 Å². The predicted octanol–water partition coefficient (Wildman–Crippen LogP) is 3.51. The number of anilines is 1. The van der Waals surface area contributed by atoms with Crippen LogP contribution in [-0.4, -0.2) is 27.9 Å². The van der Waals surface area contributed by atoms with Crippen LogP contribution in [0, 0.1) is 0 Å². The van der Waals surface area contributed by atoms with E-state index in [-0.39, 0.29) is 11.8 Å². The van der Waals surface area contributed by atoms with E-state index in [0.717, 1.165) is 30.6 Å². The molecule has 0 fully saturated rings. The van der Waals surface area contributed by atoms with Crippen molar-refractivity contribution in [2.24, 2.45) is 0 Å². The van der Waals surface area contributed by atoms with Gasteiger partial charge in [-0.05, 0) is 42.9 Å². The Morgan fingerprint density at radius 2 is 1.96 bits per heavy atom. The fraction of sp³-hybridized carbons (Fsp3) is 0.381. The molecule has 2 heterocycles. The van der Waals surface area contributed by atoms with Gasteiger partial charge in [0.15, 0.2) is 5.82 Å². The fourth-order valence-corrected chi connectivity index (χ4v) is 3.29. The molecule has 0 atom stereocenters. The van der Waals surface area contributed by atoms with Crippen LogP contribution in [0.1, 0.15) is 65.0 Å². The number of hydrogen-bond acceptors (Lipinski definition) is 3. The molecule has 2 amide bonds. The van der Waals surface area contributed by atoms with Crippen LogP contribution in [0.15, 0.2) is 36.9 Å². The topological polar surface area (TPSA) is 76.0 Å². The lowest BCUT2D eigenvalue weighted by Gasteiger charge is -2.17. The highest BCUT2D eigenvalue weighted by molar-refractivity contribution is 6.03. The summed E-state index contributed by atoms with van der Waals surface area (Å²) in [6.07, 6.45) is 4.33. The van der Waals surface area contributed by atoms with E-state index in [4.69, 9.17) is 0 Å². The molecule has 27 heavy (non-hydrogen) atoms. The van der Waals surface area contributed by atoms with E-state index in [1.165, 1.54) is 5.56 Å². The monoisotopic (exact) mass is 366 g/mol. The molecule has 6 nitrogen and oxygen atoms in total. The van der Waals surface area contributed by atoms with Crippen LogP contribution >= 0.6 is 0 Å². The minimum absolute atomic E-state index is 0.263. The van der Waals surface area contributed by atoms with Crippen LogP contribution in [0.3, 0.4) is 0 Å². The van der Waals surface area contributed by atoms with Crippen molar-refractivity contribution in [3.63, 3.8) is 0 Å². The zero-order valence-electron chi connectivity index (χ0n) is 15.9. The number of hydrogen-bond donors (Lipinski definition) is 2. The Bertz CT molecular complexity index is 850. The summed E-state index contributed by atoms with van der Waals surface area (Å²) in [6, 6.07) is 7.81. The summed E-state index contributed by atoms with van der Waals surface area (Å²) >= 11 is 0. The Balaban J connectivity index is 1.84. The van der Waals surface area contributed by atoms with Crippen molar-refractivity contribution in [3.05, 3.63) is 59.7 Å². The van der Waals surface area contributed by atoms with E-state index in [1.54, 1.807) is 6.08 Å². The molecule has 2 N–H and O–H groups in total. The average Bonchev–Trinajstić information content (AvgIpc) is 3.06. The van der Waals surface area contributed by atoms with Crippen LogP contribution in [0.25, 0.3) is 0 Å². The second-order valence-electron chi connectivity index (χ2n) is 7.07. The van der Waals surface area contributed by atoms with Gasteiger partial charge in [-0.3, -0.25) is 9.59 Å². The Morgan fingerprint density at radius 1 is 1.22 bits per heavy atom. The minimum Gasteiger partial charge on any atom is -0.347 e. The average molecular weight is 366 g/mol. The lowest BCUT2D eigenvalue weighted by Crippen LogP contribution is -2.25. The van der Waals surface area contributed by atoms with Gasteiger partial charge in [-0.1, -0.05) is 32.1 Å².